The van der Waals surface area contributed by atoms with E-state index in [1.165, 1.54) is 6.07 Å². The van der Waals surface area contributed by atoms with Gasteiger partial charge in [0.25, 0.3) is 11.6 Å². The zero-order valence-electron chi connectivity index (χ0n) is 14.7. The molecule has 8 heteroatoms. The lowest BCUT2D eigenvalue weighted by molar-refractivity contribution is -0.384. The summed E-state index contributed by atoms with van der Waals surface area (Å²) in [5.41, 5.74) is 1.03. The smallest absolute Gasteiger partial charge is 0.294 e. The van der Waals surface area contributed by atoms with Crippen LogP contribution < -0.4 is 10.2 Å². The number of nitrogens with zero attached hydrogens (tertiary/aromatic N) is 2. The first-order chi connectivity index (χ1) is 12.9. The molecular formula is C19H19Cl2N3O3. The lowest BCUT2D eigenvalue weighted by Crippen LogP contribution is -2.33. The zero-order valence-corrected chi connectivity index (χ0v) is 16.3. The summed E-state index contributed by atoms with van der Waals surface area (Å²) >= 11 is 12.3. The molecular weight excluding hydrogens is 389 g/mol. The van der Waals surface area contributed by atoms with E-state index in [0.29, 0.717) is 27.9 Å². The Morgan fingerprint density at radius 3 is 2.48 bits per heavy atom. The Kier molecular flexibility index (Phi) is 5.87. The Balaban J connectivity index is 1.94. The SMILES string of the molecule is CC1CCN(c2cc(NC(=O)c3ccccc3Cl)c(Cl)cc2[N+](=O)[O-])CC1. The monoisotopic (exact) mass is 407 g/mol. The summed E-state index contributed by atoms with van der Waals surface area (Å²) in [7, 11) is 0. The van der Waals surface area contributed by atoms with Crippen molar-refractivity contribution in [2.75, 3.05) is 23.3 Å². The lowest BCUT2D eigenvalue weighted by Gasteiger charge is -2.32. The van der Waals surface area contributed by atoms with Crippen LogP contribution in [0.15, 0.2) is 36.4 Å². The molecule has 1 saturated heterocycles. The molecule has 142 valence electrons. The van der Waals surface area contributed by atoms with Crippen LogP contribution in [0.1, 0.15) is 30.1 Å². The Bertz CT molecular complexity index is 880. The first-order valence-electron chi connectivity index (χ1n) is 8.65. The summed E-state index contributed by atoms with van der Waals surface area (Å²) in [6.07, 6.45) is 1.92. The summed E-state index contributed by atoms with van der Waals surface area (Å²) in [6.45, 7) is 3.62. The van der Waals surface area contributed by atoms with Crippen LogP contribution in [0.2, 0.25) is 10.0 Å². The molecule has 1 aliphatic heterocycles. The van der Waals surface area contributed by atoms with E-state index < -0.39 is 10.8 Å². The van der Waals surface area contributed by atoms with E-state index in [-0.39, 0.29) is 10.7 Å². The standard InChI is InChI=1S/C19H19Cl2N3O3/c1-12-6-8-23(9-7-12)17-11-16(15(21)10-18(17)24(26)27)22-19(25)13-4-2-3-5-14(13)20/h2-5,10-12H,6-9H2,1H3,(H,22,25). The summed E-state index contributed by atoms with van der Waals surface area (Å²) in [5, 5.41) is 14.6. The maximum Gasteiger partial charge on any atom is 0.294 e. The Labute approximate surface area is 167 Å². The summed E-state index contributed by atoms with van der Waals surface area (Å²) in [6, 6.07) is 9.52. The molecule has 0 atom stereocenters. The van der Waals surface area contributed by atoms with Gasteiger partial charge in [-0.3, -0.25) is 14.9 Å². The van der Waals surface area contributed by atoms with Gasteiger partial charge in [-0.1, -0.05) is 42.3 Å². The third-order valence-electron chi connectivity index (χ3n) is 4.75. The van der Waals surface area contributed by atoms with Crippen LogP contribution in [0.25, 0.3) is 0 Å². The third kappa shape index (κ3) is 4.34. The predicted octanol–water partition coefficient (Wildman–Crippen LogP) is 5.39. The Morgan fingerprint density at radius 1 is 1.19 bits per heavy atom. The van der Waals surface area contributed by atoms with Crippen molar-refractivity contribution in [2.45, 2.75) is 19.8 Å². The first-order valence-corrected chi connectivity index (χ1v) is 9.41. The molecule has 6 nitrogen and oxygen atoms in total. The maximum absolute atomic E-state index is 12.5. The normalized spacial score (nSPS) is 14.9. The van der Waals surface area contributed by atoms with Gasteiger partial charge in [0.2, 0.25) is 0 Å². The molecule has 3 rings (SSSR count). The molecule has 0 saturated carbocycles. The fourth-order valence-corrected chi connectivity index (χ4v) is 3.56. The second-order valence-electron chi connectivity index (χ2n) is 6.68. The number of piperidine rings is 1. The zero-order chi connectivity index (χ0) is 19.6. The molecule has 0 aliphatic carbocycles. The van der Waals surface area contributed by atoms with Crippen molar-refractivity contribution in [1.29, 1.82) is 0 Å². The van der Waals surface area contributed by atoms with E-state index >= 15 is 0 Å². The Morgan fingerprint density at radius 2 is 1.85 bits per heavy atom. The van der Waals surface area contributed by atoms with Crippen molar-refractivity contribution in [3.05, 3.63) is 62.1 Å². The minimum absolute atomic E-state index is 0.0645. The van der Waals surface area contributed by atoms with Gasteiger partial charge in [-0.25, -0.2) is 0 Å². The van der Waals surface area contributed by atoms with Crippen molar-refractivity contribution in [3.8, 4) is 0 Å². The van der Waals surface area contributed by atoms with Crippen LogP contribution in [-0.2, 0) is 0 Å². The highest BCUT2D eigenvalue weighted by Crippen LogP contribution is 2.38. The fraction of sp³-hybridized carbons (Fsp3) is 0.316. The topological polar surface area (TPSA) is 75.5 Å². The number of carbonyl (C=O) groups excluding carboxylic acids is 1. The van der Waals surface area contributed by atoms with Crippen LogP contribution in [0, 0.1) is 16.0 Å². The summed E-state index contributed by atoms with van der Waals surface area (Å²) in [5.74, 6) is 0.168. The van der Waals surface area contributed by atoms with Gasteiger partial charge < -0.3 is 10.2 Å². The van der Waals surface area contributed by atoms with Crippen LogP contribution in [0.5, 0.6) is 0 Å². The number of rotatable bonds is 4. The van der Waals surface area contributed by atoms with E-state index in [9.17, 15) is 14.9 Å². The van der Waals surface area contributed by atoms with Crippen LogP contribution in [0.4, 0.5) is 17.1 Å². The molecule has 1 amide bonds. The van der Waals surface area contributed by atoms with Gasteiger partial charge >= 0.3 is 0 Å². The largest absolute Gasteiger partial charge is 0.366 e. The molecule has 1 aliphatic rings. The molecule has 27 heavy (non-hydrogen) atoms. The molecule has 0 radical (unpaired) electrons. The van der Waals surface area contributed by atoms with Crippen LogP contribution in [-0.4, -0.2) is 23.9 Å². The summed E-state index contributed by atoms with van der Waals surface area (Å²) < 4.78 is 0. The molecule has 0 aromatic heterocycles. The van der Waals surface area contributed by atoms with Gasteiger partial charge in [0.1, 0.15) is 5.69 Å². The highest BCUT2D eigenvalue weighted by Gasteiger charge is 2.26. The average molecular weight is 408 g/mol. The first kappa shape index (κ1) is 19.5. The van der Waals surface area contributed by atoms with E-state index in [0.717, 1.165) is 25.9 Å². The van der Waals surface area contributed by atoms with Crippen molar-refractivity contribution >= 4 is 46.2 Å². The number of amides is 1. The van der Waals surface area contributed by atoms with Crippen LogP contribution in [0.3, 0.4) is 0 Å². The van der Waals surface area contributed by atoms with Gasteiger partial charge in [0, 0.05) is 19.2 Å². The van der Waals surface area contributed by atoms with Crippen molar-refractivity contribution in [1.82, 2.24) is 0 Å². The minimum Gasteiger partial charge on any atom is -0.366 e. The second kappa shape index (κ2) is 8.15. The van der Waals surface area contributed by atoms with Crippen molar-refractivity contribution in [2.24, 2.45) is 5.92 Å². The molecule has 2 aromatic carbocycles. The number of nitrogens with one attached hydrogen (secondary N) is 1. The molecule has 1 fully saturated rings. The van der Waals surface area contributed by atoms with Gasteiger partial charge in [-0.15, -0.1) is 0 Å². The number of hydrogen-bond acceptors (Lipinski definition) is 4. The van der Waals surface area contributed by atoms with Crippen LogP contribution >= 0.6 is 23.2 Å². The fourth-order valence-electron chi connectivity index (χ4n) is 3.13. The molecule has 0 spiro atoms. The maximum atomic E-state index is 12.5. The number of hydrogen-bond donors (Lipinski definition) is 1. The summed E-state index contributed by atoms with van der Waals surface area (Å²) in [4.78, 5) is 25.6. The van der Waals surface area contributed by atoms with Crippen molar-refractivity contribution in [3.63, 3.8) is 0 Å². The number of benzene rings is 2. The Hall–Kier alpha value is -2.31. The number of anilines is 2. The van der Waals surface area contributed by atoms with Crippen molar-refractivity contribution < 1.29 is 9.72 Å². The quantitative estimate of drug-likeness (QED) is 0.544. The lowest BCUT2D eigenvalue weighted by atomic mass is 9.98. The molecule has 2 aromatic rings. The second-order valence-corrected chi connectivity index (χ2v) is 7.50. The van der Waals surface area contributed by atoms with E-state index in [1.807, 2.05) is 4.90 Å². The van der Waals surface area contributed by atoms with E-state index in [1.54, 1.807) is 30.3 Å². The van der Waals surface area contributed by atoms with E-state index in [4.69, 9.17) is 23.2 Å². The molecule has 0 unspecified atom stereocenters. The molecule has 1 N–H and O–H groups in total. The van der Waals surface area contributed by atoms with E-state index in [2.05, 4.69) is 12.2 Å². The van der Waals surface area contributed by atoms with Gasteiger partial charge in [0.15, 0.2) is 0 Å². The average Bonchev–Trinajstić information content (AvgIpc) is 2.64. The number of nitro benzene ring substituents is 1. The number of carbonyl (C=O) groups is 1. The number of nitro groups is 1. The highest BCUT2D eigenvalue weighted by atomic mass is 35.5. The third-order valence-corrected chi connectivity index (χ3v) is 5.39. The minimum atomic E-state index is -0.446. The molecule has 0 bridgehead atoms. The molecule has 1 heterocycles. The van der Waals surface area contributed by atoms with Gasteiger partial charge in [-0.05, 0) is 37.0 Å². The van der Waals surface area contributed by atoms with Gasteiger partial charge in [-0.2, -0.15) is 0 Å². The van der Waals surface area contributed by atoms with Gasteiger partial charge in [0.05, 0.1) is 26.2 Å². The predicted molar refractivity (Wildman–Crippen MR) is 108 cm³/mol. The highest BCUT2D eigenvalue weighted by molar-refractivity contribution is 6.36. The number of halogens is 2.